The zero-order valence-electron chi connectivity index (χ0n) is 11.9. The molecule has 0 aliphatic rings. The second kappa shape index (κ2) is 4.80. The first-order valence-electron chi connectivity index (χ1n) is 6.98. The fourth-order valence-corrected chi connectivity index (χ4v) is 2.54. The zero-order valence-corrected chi connectivity index (χ0v) is 11.9. The van der Waals surface area contributed by atoms with Crippen LogP contribution in [0.2, 0.25) is 0 Å². The maximum absolute atomic E-state index is 13.0. The number of benzene rings is 2. The van der Waals surface area contributed by atoms with E-state index in [9.17, 15) is 4.39 Å². The third-order valence-corrected chi connectivity index (χ3v) is 3.53. The van der Waals surface area contributed by atoms with Crippen LogP contribution < -0.4 is 5.32 Å². The Balaban J connectivity index is 1.92. The molecule has 2 aromatic heterocycles. The van der Waals surface area contributed by atoms with Crippen LogP contribution in [-0.4, -0.2) is 14.6 Å². The summed E-state index contributed by atoms with van der Waals surface area (Å²) in [5.74, 6) is 0.472. The van der Waals surface area contributed by atoms with Crippen LogP contribution in [0.15, 0.2) is 54.6 Å². The minimum atomic E-state index is -0.259. The van der Waals surface area contributed by atoms with Gasteiger partial charge in [0.1, 0.15) is 11.6 Å². The fourth-order valence-electron chi connectivity index (χ4n) is 2.54. The van der Waals surface area contributed by atoms with E-state index in [2.05, 4.69) is 15.4 Å². The number of anilines is 2. The maximum atomic E-state index is 13.0. The highest BCUT2D eigenvalue weighted by Crippen LogP contribution is 2.26. The van der Waals surface area contributed by atoms with E-state index in [1.165, 1.54) is 12.1 Å². The summed E-state index contributed by atoms with van der Waals surface area (Å²) in [6.07, 6.45) is 0. The molecule has 1 N–H and O–H groups in total. The molecule has 0 fully saturated rings. The monoisotopic (exact) mass is 292 g/mol. The first kappa shape index (κ1) is 12.8. The van der Waals surface area contributed by atoms with Gasteiger partial charge in [-0.15, -0.1) is 0 Å². The van der Waals surface area contributed by atoms with Crippen molar-refractivity contribution in [2.75, 3.05) is 5.32 Å². The topological polar surface area (TPSA) is 42.2 Å². The quantitative estimate of drug-likeness (QED) is 0.605. The van der Waals surface area contributed by atoms with Gasteiger partial charge < -0.3 is 5.32 Å². The summed E-state index contributed by atoms with van der Waals surface area (Å²) in [6.45, 7) is 1.94. The molecule has 108 valence electrons. The molecule has 0 unspecified atom stereocenters. The normalized spacial score (nSPS) is 11.2. The predicted molar refractivity (Wildman–Crippen MR) is 84.9 cm³/mol. The molecule has 4 rings (SSSR count). The SMILES string of the molecule is Cc1cc2nc(Nc3ccc(F)cc3)c3ccccc3n2n1. The van der Waals surface area contributed by atoms with Crippen LogP contribution in [0.1, 0.15) is 5.69 Å². The van der Waals surface area contributed by atoms with Gasteiger partial charge in [-0.25, -0.2) is 13.9 Å². The van der Waals surface area contributed by atoms with Crippen LogP contribution in [-0.2, 0) is 0 Å². The molecule has 0 bridgehead atoms. The molecule has 0 spiro atoms. The lowest BCUT2D eigenvalue weighted by Gasteiger charge is -2.10. The number of aromatic nitrogens is 3. The summed E-state index contributed by atoms with van der Waals surface area (Å²) < 4.78 is 14.9. The molecule has 2 aromatic carbocycles. The molecule has 0 atom stereocenters. The summed E-state index contributed by atoms with van der Waals surface area (Å²) >= 11 is 0. The van der Waals surface area contributed by atoms with Crippen molar-refractivity contribution in [2.45, 2.75) is 6.92 Å². The van der Waals surface area contributed by atoms with Gasteiger partial charge in [0.15, 0.2) is 5.65 Å². The van der Waals surface area contributed by atoms with Gasteiger partial charge in [-0.05, 0) is 43.3 Å². The minimum absolute atomic E-state index is 0.259. The lowest BCUT2D eigenvalue weighted by atomic mass is 10.2. The van der Waals surface area contributed by atoms with E-state index in [0.29, 0.717) is 0 Å². The molecule has 4 aromatic rings. The summed E-state index contributed by atoms with van der Waals surface area (Å²) in [5, 5.41) is 8.70. The summed E-state index contributed by atoms with van der Waals surface area (Å²) in [5.41, 5.74) is 3.46. The maximum Gasteiger partial charge on any atom is 0.158 e. The van der Waals surface area contributed by atoms with Gasteiger partial charge in [0.05, 0.1) is 11.2 Å². The molecular weight excluding hydrogens is 279 g/mol. The molecule has 22 heavy (non-hydrogen) atoms. The third-order valence-electron chi connectivity index (χ3n) is 3.53. The van der Waals surface area contributed by atoms with E-state index in [4.69, 9.17) is 0 Å². The number of para-hydroxylation sites is 1. The van der Waals surface area contributed by atoms with Crippen molar-refractivity contribution in [3.05, 3.63) is 66.1 Å². The lowest BCUT2D eigenvalue weighted by molar-refractivity contribution is 0.628. The second-order valence-electron chi connectivity index (χ2n) is 5.17. The predicted octanol–water partition coefficient (Wildman–Crippen LogP) is 4.07. The van der Waals surface area contributed by atoms with E-state index < -0.39 is 0 Å². The Bertz CT molecular complexity index is 973. The summed E-state index contributed by atoms with van der Waals surface area (Å²) in [7, 11) is 0. The van der Waals surface area contributed by atoms with Gasteiger partial charge in [0.2, 0.25) is 0 Å². The number of rotatable bonds is 2. The Morgan fingerprint density at radius 1 is 1.05 bits per heavy atom. The number of nitrogens with zero attached hydrogens (tertiary/aromatic N) is 3. The number of fused-ring (bicyclic) bond motifs is 3. The molecule has 0 saturated carbocycles. The van der Waals surface area contributed by atoms with Crippen LogP contribution in [0, 0.1) is 12.7 Å². The fraction of sp³-hybridized carbons (Fsp3) is 0.0588. The lowest BCUT2D eigenvalue weighted by Crippen LogP contribution is -2.00. The van der Waals surface area contributed by atoms with E-state index >= 15 is 0 Å². The molecule has 2 heterocycles. The van der Waals surface area contributed by atoms with Gasteiger partial charge in [-0.3, -0.25) is 0 Å². The van der Waals surface area contributed by atoms with Crippen LogP contribution in [0.25, 0.3) is 16.6 Å². The number of nitrogens with one attached hydrogen (secondary N) is 1. The smallest absolute Gasteiger partial charge is 0.158 e. The Hall–Kier alpha value is -2.95. The Kier molecular flexibility index (Phi) is 2.79. The van der Waals surface area contributed by atoms with Gasteiger partial charge in [-0.2, -0.15) is 5.10 Å². The number of hydrogen-bond acceptors (Lipinski definition) is 3. The molecule has 0 radical (unpaired) electrons. The molecule has 0 amide bonds. The van der Waals surface area contributed by atoms with Crippen molar-refractivity contribution in [2.24, 2.45) is 0 Å². The van der Waals surface area contributed by atoms with Crippen LogP contribution >= 0.6 is 0 Å². The highest BCUT2D eigenvalue weighted by atomic mass is 19.1. The zero-order chi connectivity index (χ0) is 15.1. The average Bonchev–Trinajstić information content (AvgIpc) is 2.90. The standard InChI is InChI=1S/C17H13FN4/c1-11-10-16-20-17(19-13-8-6-12(18)7-9-13)14-4-2-3-5-15(14)22(16)21-11/h2-10H,1H3,(H,19,20). The molecule has 0 saturated heterocycles. The minimum Gasteiger partial charge on any atom is -0.340 e. The van der Waals surface area contributed by atoms with Crippen molar-refractivity contribution in [1.82, 2.24) is 14.6 Å². The van der Waals surface area contributed by atoms with Gasteiger partial charge >= 0.3 is 0 Å². The van der Waals surface area contributed by atoms with Gasteiger partial charge in [-0.1, -0.05) is 12.1 Å². The first-order chi connectivity index (χ1) is 10.7. The molecule has 0 aliphatic carbocycles. The van der Waals surface area contributed by atoms with Crippen LogP contribution in [0.4, 0.5) is 15.9 Å². The Morgan fingerprint density at radius 3 is 2.64 bits per heavy atom. The third kappa shape index (κ3) is 2.07. The largest absolute Gasteiger partial charge is 0.340 e. The van der Waals surface area contributed by atoms with Crippen LogP contribution in [0.5, 0.6) is 0 Å². The van der Waals surface area contributed by atoms with Crippen molar-refractivity contribution < 1.29 is 4.39 Å². The van der Waals surface area contributed by atoms with E-state index in [1.807, 2.05) is 41.8 Å². The molecule has 0 aliphatic heterocycles. The number of aryl methyl sites for hydroxylation is 1. The van der Waals surface area contributed by atoms with Gasteiger partial charge in [0, 0.05) is 17.1 Å². The highest BCUT2D eigenvalue weighted by molar-refractivity contribution is 5.92. The Morgan fingerprint density at radius 2 is 1.82 bits per heavy atom. The number of hydrogen-bond donors (Lipinski definition) is 1. The van der Waals surface area contributed by atoms with Crippen molar-refractivity contribution in [3.8, 4) is 0 Å². The first-order valence-corrected chi connectivity index (χ1v) is 6.98. The van der Waals surface area contributed by atoms with E-state index in [1.54, 1.807) is 12.1 Å². The Labute approximate surface area is 126 Å². The van der Waals surface area contributed by atoms with Crippen LogP contribution in [0.3, 0.4) is 0 Å². The molecule has 4 nitrogen and oxygen atoms in total. The van der Waals surface area contributed by atoms with Crippen molar-refractivity contribution in [1.29, 1.82) is 0 Å². The van der Waals surface area contributed by atoms with Gasteiger partial charge in [0.25, 0.3) is 0 Å². The summed E-state index contributed by atoms with van der Waals surface area (Å²) in [4.78, 5) is 4.64. The highest BCUT2D eigenvalue weighted by Gasteiger charge is 2.10. The van der Waals surface area contributed by atoms with E-state index in [-0.39, 0.29) is 5.82 Å². The van der Waals surface area contributed by atoms with Crippen molar-refractivity contribution >= 4 is 28.1 Å². The second-order valence-corrected chi connectivity index (χ2v) is 5.17. The summed E-state index contributed by atoms with van der Waals surface area (Å²) in [6, 6.07) is 16.1. The molecule has 5 heteroatoms. The average molecular weight is 292 g/mol. The number of halogens is 1. The van der Waals surface area contributed by atoms with E-state index in [0.717, 1.165) is 33.7 Å². The molecular formula is C17H13FN4. The van der Waals surface area contributed by atoms with Crippen molar-refractivity contribution in [3.63, 3.8) is 0 Å².